The van der Waals surface area contributed by atoms with Gasteiger partial charge in [0.05, 0.1) is 25.0 Å². The van der Waals surface area contributed by atoms with Crippen LogP contribution in [0.4, 0.5) is 8.78 Å². The molecular weight excluding hydrogens is 232 g/mol. The van der Waals surface area contributed by atoms with Gasteiger partial charge in [-0.25, -0.2) is 13.6 Å². The number of nitrogens with zero attached hydrogens (tertiary/aromatic N) is 1. The predicted molar refractivity (Wildman–Crippen MR) is 56.4 cm³/mol. The van der Waals surface area contributed by atoms with Crippen LogP contribution < -0.4 is 4.74 Å². The summed E-state index contributed by atoms with van der Waals surface area (Å²) in [5, 5.41) is 0. The van der Waals surface area contributed by atoms with Gasteiger partial charge in [0.15, 0.2) is 0 Å². The van der Waals surface area contributed by atoms with Crippen molar-refractivity contribution in [2.75, 3.05) is 13.7 Å². The summed E-state index contributed by atoms with van der Waals surface area (Å²) in [5.41, 5.74) is -0.169. The molecule has 1 aromatic heterocycles. The smallest absolute Gasteiger partial charge is 0.343 e. The molecule has 0 amide bonds. The van der Waals surface area contributed by atoms with Crippen LogP contribution >= 0.6 is 0 Å². The van der Waals surface area contributed by atoms with Crippen LogP contribution in [0, 0.1) is 6.92 Å². The molecule has 0 bridgehead atoms. The molecule has 0 aliphatic heterocycles. The van der Waals surface area contributed by atoms with Crippen LogP contribution in [0.1, 0.15) is 35.0 Å². The fraction of sp³-hybridized carbons (Fsp3) is 0.455. The molecule has 0 aliphatic rings. The van der Waals surface area contributed by atoms with Gasteiger partial charge >= 0.3 is 5.97 Å². The van der Waals surface area contributed by atoms with Gasteiger partial charge in [-0.2, -0.15) is 0 Å². The first-order valence-electron chi connectivity index (χ1n) is 5.01. The number of aryl methyl sites for hydroxylation is 1. The molecule has 0 saturated carbocycles. The Hall–Kier alpha value is -1.72. The van der Waals surface area contributed by atoms with E-state index < -0.39 is 18.0 Å². The van der Waals surface area contributed by atoms with Crippen molar-refractivity contribution in [3.8, 4) is 5.75 Å². The number of carbonyl (C=O) groups is 1. The zero-order valence-corrected chi connectivity index (χ0v) is 9.79. The third kappa shape index (κ3) is 2.69. The van der Waals surface area contributed by atoms with Gasteiger partial charge in [-0.15, -0.1) is 0 Å². The van der Waals surface area contributed by atoms with E-state index in [1.807, 2.05) is 0 Å². The molecule has 0 unspecified atom stereocenters. The van der Waals surface area contributed by atoms with Crippen molar-refractivity contribution in [1.82, 2.24) is 4.98 Å². The number of halogens is 2. The number of hydrogen-bond donors (Lipinski definition) is 0. The number of ether oxygens (including phenoxy) is 2. The highest BCUT2D eigenvalue weighted by atomic mass is 19.3. The van der Waals surface area contributed by atoms with E-state index in [-0.39, 0.29) is 17.9 Å². The predicted octanol–water partition coefficient (Wildman–Crippen LogP) is 2.51. The Morgan fingerprint density at radius 2 is 2.18 bits per heavy atom. The zero-order chi connectivity index (χ0) is 13.0. The molecule has 4 nitrogen and oxygen atoms in total. The van der Waals surface area contributed by atoms with E-state index in [4.69, 9.17) is 9.47 Å². The molecule has 0 aromatic carbocycles. The quantitative estimate of drug-likeness (QED) is 0.765. The molecule has 0 saturated heterocycles. The first-order valence-corrected chi connectivity index (χ1v) is 5.01. The van der Waals surface area contributed by atoms with Crippen LogP contribution in [0.5, 0.6) is 5.75 Å². The number of rotatable bonds is 4. The Morgan fingerprint density at radius 1 is 1.53 bits per heavy atom. The van der Waals surface area contributed by atoms with Crippen molar-refractivity contribution in [2.45, 2.75) is 20.3 Å². The average Bonchev–Trinajstić information content (AvgIpc) is 2.28. The van der Waals surface area contributed by atoms with Crippen molar-refractivity contribution >= 4 is 5.97 Å². The van der Waals surface area contributed by atoms with E-state index in [9.17, 15) is 13.6 Å². The minimum absolute atomic E-state index is 0.0489. The van der Waals surface area contributed by atoms with Gasteiger partial charge in [0, 0.05) is 6.20 Å². The molecule has 0 atom stereocenters. The summed E-state index contributed by atoms with van der Waals surface area (Å²) in [6.07, 6.45) is -1.76. The van der Waals surface area contributed by atoms with E-state index in [2.05, 4.69) is 4.98 Å². The number of alkyl halides is 2. The van der Waals surface area contributed by atoms with E-state index in [0.29, 0.717) is 5.69 Å². The first kappa shape index (κ1) is 13.3. The Labute approximate surface area is 97.6 Å². The lowest BCUT2D eigenvalue weighted by atomic mass is 10.1. The maximum atomic E-state index is 12.7. The molecule has 94 valence electrons. The highest BCUT2D eigenvalue weighted by molar-refractivity contribution is 5.94. The molecule has 6 heteroatoms. The van der Waals surface area contributed by atoms with Crippen LogP contribution in [-0.2, 0) is 4.74 Å². The molecule has 1 aromatic rings. The number of methoxy groups -OCH3 is 1. The largest absolute Gasteiger partial charge is 0.495 e. The normalized spacial score (nSPS) is 10.5. The third-order valence-corrected chi connectivity index (χ3v) is 2.17. The molecular formula is C11H13F2NO3. The van der Waals surface area contributed by atoms with Gasteiger partial charge < -0.3 is 9.47 Å². The maximum absolute atomic E-state index is 12.7. The highest BCUT2D eigenvalue weighted by Gasteiger charge is 2.24. The second-order valence-electron chi connectivity index (χ2n) is 3.23. The van der Waals surface area contributed by atoms with Gasteiger partial charge in [0.25, 0.3) is 6.43 Å². The maximum Gasteiger partial charge on any atom is 0.343 e. The summed E-state index contributed by atoms with van der Waals surface area (Å²) in [4.78, 5) is 15.4. The standard InChI is InChI=1S/C11H13F2NO3/c1-4-17-11(15)8-6(2)14-5-7(10(12)13)9(8)16-3/h5,10H,4H2,1-3H3. The molecule has 0 aliphatic carbocycles. The molecule has 17 heavy (non-hydrogen) atoms. The van der Waals surface area contributed by atoms with Crippen LogP contribution in [-0.4, -0.2) is 24.7 Å². The van der Waals surface area contributed by atoms with Gasteiger partial charge in [-0.3, -0.25) is 4.98 Å². The topological polar surface area (TPSA) is 48.4 Å². The lowest BCUT2D eigenvalue weighted by Crippen LogP contribution is -2.12. The second kappa shape index (κ2) is 5.56. The minimum Gasteiger partial charge on any atom is -0.495 e. The van der Waals surface area contributed by atoms with Crippen LogP contribution in [0.15, 0.2) is 6.20 Å². The molecule has 0 spiro atoms. The third-order valence-electron chi connectivity index (χ3n) is 2.17. The fourth-order valence-corrected chi connectivity index (χ4v) is 1.42. The average molecular weight is 245 g/mol. The van der Waals surface area contributed by atoms with E-state index in [1.165, 1.54) is 14.0 Å². The fourth-order valence-electron chi connectivity index (χ4n) is 1.42. The SMILES string of the molecule is CCOC(=O)c1c(C)ncc(C(F)F)c1OC. The summed E-state index contributed by atoms with van der Waals surface area (Å²) in [6.45, 7) is 3.31. The molecule has 0 radical (unpaired) electrons. The van der Waals surface area contributed by atoms with E-state index in [0.717, 1.165) is 6.20 Å². The summed E-state index contributed by atoms with van der Waals surface area (Å²) in [6, 6.07) is 0. The summed E-state index contributed by atoms with van der Waals surface area (Å²) < 4.78 is 35.1. The van der Waals surface area contributed by atoms with E-state index >= 15 is 0 Å². The zero-order valence-electron chi connectivity index (χ0n) is 9.79. The van der Waals surface area contributed by atoms with Crippen molar-refractivity contribution in [1.29, 1.82) is 0 Å². The van der Waals surface area contributed by atoms with Gasteiger partial charge in [0.2, 0.25) is 0 Å². The van der Waals surface area contributed by atoms with Crippen molar-refractivity contribution in [3.63, 3.8) is 0 Å². The van der Waals surface area contributed by atoms with E-state index in [1.54, 1.807) is 6.92 Å². The van der Waals surface area contributed by atoms with Crippen molar-refractivity contribution in [3.05, 3.63) is 23.0 Å². The number of carbonyl (C=O) groups excluding carboxylic acids is 1. The van der Waals surface area contributed by atoms with Gasteiger partial charge in [-0.1, -0.05) is 0 Å². The molecule has 1 rings (SSSR count). The lowest BCUT2D eigenvalue weighted by Gasteiger charge is -2.13. The summed E-state index contributed by atoms with van der Waals surface area (Å²) in [5.74, 6) is -0.886. The Balaban J connectivity index is 3.35. The lowest BCUT2D eigenvalue weighted by molar-refractivity contribution is 0.0520. The summed E-state index contributed by atoms with van der Waals surface area (Å²) in [7, 11) is 1.23. The number of aromatic nitrogens is 1. The minimum atomic E-state index is -2.76. The number of esters is 1. The Bertz CT molecular complexity index is 421. The van der Waals surface area contributed by atoms with Gasteiger partial charge in [0.1, 0.15) is 11.3 Å². The highest BCUT2D eigenvalue weighted by Crippen LogP contribution is 2.33. The molecule has 1 heterocycles. The monoisotopic (exact) mass is 245 g/mol. The van der Waals surface area contributed by atoms with Crippen molar-refractivity contribution < 1.29 is 23.0 Å². The Morgan fingerprint density at radius 3 is 2.65 bits per heavy atom. The Kier molecular flexibility index (Phi) is 4.37. The van der Waals surface area contributed by atoms with Crippen LogP contribution in [0.2, 0.25) is 0 Å². The number of hydrogen-bond acceptors (Lipinski definition) is 4. The van der Waals surface area contributed by atoms with Crippen molar-refractivity contribution in [2.24, 2.45) is 0 Å². The van der Waals surface area contributed by atoms with Crippen LogP contribution in [0.25, 0.3) is 0 Å². The second-order valence-corrected chi connectivity index (χ2v) is 3.23. The summed E-state index contributed by atoms with van der Waals surface area (Å²) >= 11 is 0. The molecule has 0 N–H and O–H groups in total. The number of pyridine rings is 1. The van der Waals surface area contributed by atoms with Crippen LogP contribution in [0.3, 0.4) is 0 Å². The first-order chi connectivity index (χ1) is 8.02. The molecule has 0 fully saturated rings. The van der Waals surface area contributed by atoms with Gasteiger partial charge in [-0.05, 0) is 13.8 Å².